The van der Waals surface area contributed by atoms with E-state index in [1.807, 2.05) is 19.1 Å². The number of carbonyl (C=O) groups excluding carboxylic acids is 1. The molecule has 0 amide bonds. The van der Waals surface area contributed by atoms with Crippen molar-refractivity contribution in [2.45, 2.75) is 240 Å². The molecule has 1 N–H and O–H groups in total. The molecule has 374 valence electrons. The van der Waals surface area contributed by atoms with Crippen LogP contribution in [0.4, 0.5) is 0 Å². The van der Waals surface area contributed by atoms with Gasteiger partial charge in [-0.15, -0.1) is 0 Å². The van der Waals surface area contributed by atoms with Gasteiger partial charge in [0.05, 0.1) is 31.5 Å². The normalized spacial score (nSPS) is 24.1. The van der Waals surface area contributed by atoms with Gasteiger partial charge in [0, 0.05) is 37.0 Å². The number of unbranched alkanes of at least 4 members (excludes halogenated alkanes) is 2. The predicted molar refractivity (Wildman–Crippen MR) is 276 cm³/mol. The molecular formula is C52H100O9Si3. The number of aliphatic hydroxyl groups is 1. The summed E-state index contributed by atoms with van der Waals surface area (Å²) in [6, 6.07) is 6.29. The second-order valence-electron chi connectivity index (χ2n) is 20.8. The Bertz CT molecular complexity index is 1450. The van der Waals surface area contributed by atoms with E-state index in [2.05, 4.69) is 129 Å². The van der Waals surface area contributed by atoms with Gasteiger partial charge in [-0.3, -0.25) is 0 Å². The summed E-state index contributed by atoms with van der Waals surface area (Å²) < 4.78 is 46.2. The van der Waals surface area contributed by atoms with Crippen LogP contribution >= 0.6 is 0 Å². The number of ether oxygens (including phenoxy) is 4. The maximum atomic E-state index is 12.2. The van der Waals surface area contributed by atoms with Gasteiger partial charge in [-0.25, -0.2) is 4.79 Å². The summed E-state index contributed by atoms with van der Waals surface area (Å²) in [6.45, 7) is 40.3. The van der Waals surface area contributed by atoms with Crippen molar-refractivity contribution in [2.75, 3.05) is 21.0 Å². The third-order valence-electron chi connectivity index (χ3n) is 15.5. The topological polar surface area (TPSA) is 102 Å². The molecule has 1 rings (SSSR count). The minimum atomic E-state index is -2.23. The molecule has 64 heavy (non-hydrogen) atoms. The minimum absolute atomic E-state index is 0.00290. The fourth-order valence-corrected chi connectivity index (χ4v) is 16.6. The fourth-order valence-electron chi connectivity index (χ4n) is 9.14. The Kier molecular flexibility index (Phi) is 26.9. The largest absolute Gasteiger partial charge is 0.466 e. The maximum Gasteiger partial charge on any atom is 0.330 e. The van der Waals surface area contributed by atoms with Crippen molar-refractivity contribution in [3.8, 4) is 0 Å². The zero-order valence-corrected chi connectivity index (χ0v) is 47.9. The molecule has 9 nitrogen and oxygen atoms in total. The number of allylic oxidation sites excluding steroid dienone is 5. The van der Waals surface area contributed by atoms with E-state index in [1.165, 1.54) is 18.8 Å². The monoisotopic (exact) mass is 953 g/mol. The molecule has 10 atom stereocenters. The van der Waals surface area contributed by atoms with Crippen molar-refractivity contribution in [3.05, 3.63) is 47.6 Å². The fraction of sp³-hybridized carbons (Fsp3) is 0.827. The van der Waals surface area contributed by atoms with Gasteiger partial charge < -0.3 is 37.3 Å². The number of hydrogen-bond acceptors (Lipinski definition) is 9. The lowest BCUT2D eigenvalue weighted by Gasteiger charge is -2.46. The number of hydrogen-bond donors (Lipinski definition) is 1. The number of carbonyl (C=O) groups is 1. The molecule has 0 bridgehead atoms. The number of aliphatic hydroxyl groups excluding tert-OH is 1. The summed E-state index contributed by atoms with van der Waals surface area (Å²) in [4.78, 5) is 12.1. The summed E-state index contributed by atoms with van der Waals surface area (Å²) in [6.07, 6.45) is 14.6. The van der Waals surface area contributed by atoms with Gasteiger partial charge in [0.1, 0.15) is 18.5 Å². The molecule has 0 unspecified atom stereocenters. The zero-order chi connectivity index (χ0) is 49.1. The van der Waals surface area contributed by atoms with Gasteiger partial charge in [-0.2, -0.15) is 0 Å². The van der Waals surface area contributed by atoms with Crippen molar-refractivity contribution in [1.29, 1.82) is 0 Å². The third kappa shape index (κ3) is 17.7. The summed E-state index contributed by atoms with van der Waals surface area (Å²) in [7, 11) is -3.20. The zero-order valence-electron chi connectivity index (χ0n) is 44.9. The summed E-state index contributed by atoms with van der Waals surface area (Å²) in [5.74, 6) is -0.565. The van der Waals surface area contributed by atoms with Gasteiger partial charge >= 0.3 is 5.97 Å². The molecule has 0 aromatic carbocycles. The first-order chi connectivity index (χ1) is 29.9. The van der Waals surface area contributed by atoms with E-state index in [9.17, 15) is 9.90 Å². The Labute approximate surface area is 397 Å². The Morgan fingerprint density at radius 3 is 1.94 bits per heavy atom. The maximum absolute atomic E-state index is 12.2. The molecule has 1 aliphatic heterocycles. The van der Waals surface area contributed by atoms with Crippen LogP contribution in [-0.4, -0.2) is 99.3 Å². The van der Waals surface area contributed by atoms with Crippen LogP contribution < -0.4 is 0 Å². The predicted octanol–water partition coefficient (Wildman–Crippen LogP) is 13.7. The molecule has 0 saturated carbocycles. The smallest absolute Gasteiger partial charge is 0.330 e. The van der Waals surface area contributed by atoms with Crippen molar-refractivity contribution in [1.82, 2.24) is 0 Å². The second kappa shape index (κ2) is 28.3. The summed E-state index contributed by atoms with van der Waals surface area (Å²) >= 11 is 0. The molecule has 1 aliphatic rings. The quantitative estimate of drug-likeness (QED) is 0.0258. The first kappa shape index (κ1) is 60.8. The van der Waals surface area contributed by atoms with Crippen LogP contribution in [0.2, 0.25) is 54.4 Å². The highest BCUT2D eigenvalue weighted by molar-refractivity contribution is 6.74. The molecule has 1 fully saturated rings. The molecule has 1 saturated heterocycles. The lowest BCUT2D eigenvalue weighted by molar-refractivity contribution is -0.134. The van der Waals surface area contributed by atoms with Gasteiger partial charge in [-0.05, 0) is 101 Å². The Balaban J connectivity index is 3.77. The van der Waals surface area contributed by atoms with E-state index in [4.69, 9.17) is 32.2 Å². The number of rotatable bonds is 29. The SMILES string of the molecule is CCCCC[C@@H]1OCO[C@@](C)(/C=C(C)/C=C/C(=O)OC)[C@@H](O[Si](CC)(CC)CC)[C@@H]1C/C(C)=C/C=C/[C@H](OC)[C@H](O)[C@@H](C)[C@@H](O[Si](C)(C)C(C)(C)C)[C@H](C)[C@@H](C)O[Si](CC)(CC)CC. The molecule has 0 aliphatic carbocycles. The minimum Gasteiger partial charge on any atom is -0.466 e. The van der Waals surface area contributed by atoms with E-state index < -0.39 is 48.7 Å². The van der Waals surface area contributed by atoms with Crippen LogP contribution in [0.15, 0.2) is 47.6 Å². The Hall–Kier alpha value is -1.20. The lowest BCUT2D eigenvalue weighted by Crippen LogP contribution is -2.54. The first-order valence-electron chi connectivity index (χ1n) is 25.2. The highest BCUT2D eigenvalue weighted by Crippen LogP contribution is 2.43. The Morgan fingerprint density at radius 1 is 0.859 bits per heavy atom. The molecule has 0 aromatic rings. The van der Waals surface area contributed by atoms with Crippen LogP contribution in [0.5, 0.6) is 0 Å². The van der Waals surface area contributed by atoms with Crippen molar-refractivity contribution >= 4 is 30.9 Å². The molecular weight excluding hydrogens is 853 g/mol. The molecule has 0 spiro atoms. The number of methoxy groups -OCH3 is 2. The molecule has 0 radical (unpaired) electrons. The van der Waals surface area contributed by atoms with E-state index in [0.717, 1.165) is 73.9 Å². The van der Waals surface area contributed by atoms with Gasteiger partial charge in [0.2, 0.25) is 0 Å². The lowest BCUT2D eigenvalue weighted by atomic mass is 9.79. The molecule has 1 heterocycles. The van der Waals surface area contributed by atoms with E-state index >= 15 is 0 Å². The second-order valence-corrected chi connectivity index (χ2v) is 35.0. The van der Waals surface area contributed by atoms with Gasteiger partial charge in [0.15, 0.2) is 25.0 Å². The van der Waals surface area contributed by atoms with Gasteiger partial charge in [0.25, 0.3) is 0 Å². The van der Waals surface area contributed by atoms with Gasteiger partial charge in [-0.1, -0.05) is 138 Å². The van der Waals surface area contributed by atoms with Crippen LogP contribution in [0.25, 0.3) is 0 Å². The summed E-state index contributed by atoms with van der Waals surface area (Å²) in [5.41, 5.74) is 1.25. The standard InChI is InChI=1S/C52H100O9Si3/c1-21-28-29-32-45-44(50(61-64(25-5,26-6)27-7)52(16,58-38-57-45)37-40(9)34-35-47(53)56-18)36-39(8)31-30-33-46(55-17)48(54)42(11)49(60-62(19,20)51(13,14)15)41(10)43(12)59-63(22-2,23-3)24-4/h30-31,33-35,37,41-46,48-50,54H,21-29,32,36,38H2,1-20H3/b33-30+,35-34+,39-31+,40-37+/t41-,42-,43-,44-,45+,46+,48-,49+,50+,52+/m1/s1. The van der Waals surface area contributed by atoms with Crippen molar-refractivity contribution < 1.29 is 42.1 Å². The Morgan fingerprint density at radius 2 is 1.44 bits per heavy atom. The van der Waals surface area contributed by atoms with Crippen molar-refractivity contribution in [3.63, 3.8) is 0 Å². The average Bonchev–Trinajstić information content (AvgIpc) is 3.37. The summed E-state index contributed by atoms with van der Waals surface area (Å²) in [5, 5.41) is 12.2. The molecule has 12 heteroatoms. The third-order valence-corrected chi connectivity index (χ3v) is 29.3. The number of esters is 1. The van der Waals surface area contributed by atoms with Crippen LogP contribution in [0.1, 0.15) is 143 Å². The van der Waals surface area contributed by atoms with Crippen LogP contribution in [-0.2, 0) is 37.0 Å². The van der Waals surface area contributed by atoms with E-state index in [-0.39, 0.29) is 54.0 Å². The molecule has 0 aromatic heterocycles. The van der Waals surface area contributed by atoms with E-state index in [0.29, 0.717) is 0 Å². The van der Waals surface area contributed by atoms with E-state index in [1.54, 1.807) is 13.2 Å². The van der Waals surface area contributed by atoms with Crippen molar-refractivity contribution in [2.24, 2.45) is 17.8 Å². The average molecular weight is 954 g/mol. The van der Waals surface area contributed by atoms with Crippen LogP contribution in [0, 0.1) is 17.8 Å². The van der Waals surface area contributed by atoms with Crippen LogP contribution in [0.3, 0.4) is 0 Å². The highest BCUT2D eigenvalue weighted by Gasteiger charge is 2.49. The highest BCUT2D eigenvalue weighted by atomic mass is 28.4. The first-order valence-corrected chi connectivity index (χ1v) is 33.1.